The Morgan fingerprint density at radius 1 is 1.11 bits per heavy atom. The van der Waals surface area contributed by atoms with Crippen LogP contribution in [0.1, 0.15) is 5.56 Å². The van der Waals surface area contributed by atoms with Crippen molar-refractivity contribution in [3.63, 3.8) is 0 Å². The molecule has 1 aliphatic heterocycles. The topological polar surface area (TPSA) is 18.5 Å². The zero-order valence-electron chi connectivity index (χ0n) is 11.1. The molecule has 1 aromatic rings. The van der Waals surface area contributed by atoms with Crippen LogP contribution in [0.15, 0.2) is 24.3 Å². The Labute approximate surface area is 116 Å². The van der Waals surface area contributed by atoms with E-state index in [1.165, 1.54) is 37.4 Å². The minimum absolute atomic E-state index is 0.864. The molecule has 1 aromatic carbocycles. The van der Waals surface area contributed by atoms with Crippen molar-refractivity contribution in [3.8, 4) is 0 Å². The van der Waals surface area contributed by atoms with E-state index in [9.17, 15) is 0 Å². The number of nitrogens with one attached hydrogen (secondary N) is 1. The molecule has 0 aliphatic carbocycles. The van der Waals surface area contributed by atoms with Crippen molar-refractivity contribution < 1.29 is 0 Å². The summed E-state index contributed by atoms with van der Waals surface area (Å²) in [5.74, 6) is 0.864. The fraction of sp³-hybridized carbons (Fsp3) is 0.571. The number of hydrogen-bond donors (Lipinski definition) is 2. The first-order valence-electron chi connectivity index (χ1n) is 6.62. The molecule has 4 heteroatoms. The Bertz CT molecular complexity index is 345. The van der Waals surface area contributed by atoms with Crippen molar-refractivity contribution in [1.82, 2.24) is 9.80 Å². The molecule has 1 aliphatic rings. The van der Waals surface area contributed by atoms with Gasteiger partial charge in [0.15, 0.2) is 0 Å². The second kappa shape index (κ2) is 7.02. The third-order valence-corrected chi connectivity index (χ3v) is 3.62. The molecular weight excluding hydrogens is 242 g/mol. The Kier molecular flexibility index (Phi) is 5.35. The highest BCUT2D eigenvalue weighted by Gasteiger charge is 2.13. The van der Waals surface area contributed by atoms with Gasteiger partial charge in [-0.2, -0.15) is 12.6 Å². The molecule has 0 saturated carbocycles. The summed E-state index contributed by atoms with van der Waals surface area (Å²) in [7, 11) is 2.19. The van der Waals surface area contributed by atoms with Crippen molar-refractivity contribution in [1.29, 1.82) is 0 Å². The molecule has 0 spiro atoms. The molecule has 0 unspecified atom stereocenters. The summed E-state index contributed by atoms with van der Waals surface area (Å²) in [6.07, 6.45) is 0. The maximum atomic E-state index is 4.19. The van der Waals surface area contributed by atoms with E-state index in [1.54, 1.807) is 0 Å². The first kappa shape index (κ1) is 13.7. The van der Waals surface area contributed by atoms with Gasteiger partial charge in [0.1, 0.15) is 0 Å². The average Bonchev–Trinajstić information content (AvgIpc) is 2.41. The number of nitrogens with zero attached hydrogens (tertiary/aromatic N) is 2. The van der Waals surface area contributed by atoms with Gasteiger partial charge in [0.25, 0.3) is 0 Å². The number of rotatable bonds is 5. The van der Waals surface area contributed by atoms with Crippen molar-refractivity contribution in [2.75, 3.05) is 50.8 Å². The zero-order chi connectivity index (χ0) is 12.8. The summed E-state index contributed by atoms with van der Waals surface area (Å²) in [5, 5.41) is 3.33. The molecule has 0 aromatic heterocycles. The quantitative estimate of drug-likeness (QED) is 0.791. The highest BCUT2D eigenvalue weighted by Crippen LogP contribution is 2.12. The number of hydrogen-bond acceptors (Lipinski definition) is 4. The molecule has 1 heterocycles. The van der Waals surface area contributed by atoms with E-state index in [-0.39, 0.29) is 0 Å². The van der Waals surface area contributed by atoms with E-state index in [0.29, 0.717) is 0 Å². The van der Waals surface area contributed by atoms with Gasteiger partial charge in [0, 0.05) is 50.7 Å². The summed E-state index contributed by atoms with van der Waals surface area (Å²) in [6, 6.07) is 8.77. The van der Waals surface area contributed by atoms with Gasteiger partial charge in [0.2, 0.25) is 0 Å². The maximum absolute atomic E-state index is 4.19. The van der Waals surface area contributed by atoms with Crippen LogP contribution >= 0.6 is 12.6 Å². The van der Waals surface area contributed by atoms with Crippen LogP contribution in [0.25, 0.3) is 0 Å². The van der Waals surface area contributed by atoms with Gasteiger partial charge in [-0.25, -0.2) is 0 Å². The number of piperazine rings is 1. The molecule has 2 rings (SSSR count). The number of benzene rings is 1. The van der Waals surface area contributed by atoms with Crippen LogP contribution in [0.5, 0.6) is 0 Å². The van der Waals surface area contributed by atoms with E-state index in [0.717, 1.165) is 18.8 Å². The maximum Gasteiger partial charge on any atom is 0.0340 e. The molecule has 1 saturated heterocycles. The molecule has 3 nitrogen and oxygen atoms in total. The molecule has 0 bridgehead atoms. The van der Waals surface area contributed by atoms with Crippen molar-refractivity contribution in [3.05, 3.63) is 29.8 Å². The fourth-order valence-electron chi connectivity index (χ4n) is 2.19. The monoisotopic (exact) mass is 265 g/mol. The van der Waals surface area contributed by atoms with Crippen LogP contribution in [0.4, 0.5) is 5.69 Å². The van der Waals surface area contributed by atoms with Gasteiger partial charge in [0.05, 0.1) is 0 Å². The summed E-state index contributed by atoms with van der Waals surface area (Å²) in [4.78, 5) is 4.91. The molecule has 18 heavy (non-hydrogen) atoms. The van der Waals surface area contributed by atoms with E-state index >= 15 is 0 Å². The lowest BCUT2D eigenvalue weighted by Crippen LogP contribution is -2.43. The van der Waals surface area contributed by atoms with Crippen LogP contribution in [0.2, 0.25) is 0 Å². The second-order valence-electron chi connectivity index (χ2n) is 4.93. The lowest BCUT2D eigenvalue weighted by Gasteiger charge is -2.32. The number of thiol groups is 1. The van der Waals surface area contributed by atoms with Gasteiger partial charge in [-0.15, -0.1) is 0 Å². The van der Waals surface area contributed by atoms with Gasteiger partial charge in [-0.3, -0.25) is 4.90 Å². The lowest BCUT2D eigenvalue weighted by molar-refractivity contribution is 0.148. The molecule has 1 N–H and O–H groups in total. The SMILES string of the molecule is CN1CCN(Cc2ccc(NCCS)cc2)CC1. The highest BCUT2D eigenvalue weighted by atomic mass is 32.1. The summed E-state index contributed by atoms with van der Waals surface area (Å²) >= 11 is 4.19. The Morgan fingerprint density at radius 3 is 2.39 bits per heavy atom. The first-order valence-corrected chi connectivity index (χ1v) is 7.26. The highest BCUT2D eigenvalue weighted by molar-refractivity contribution is 7.80. The molecule has 0 atom stereocenters. The van der Waals surface area contributed by atoms with Crippen LogP contribution in [-0.4, -0.2) is 55.3 Å². The molecule has 100 valence electrons. The zero-order valence-corrected chi connectivity index (χ0v) is 12.0. The predicted octanol–water partition coefficient (Wildman–Crippen LogP) is 1.78. The van der Waals surface area contributed by atoms with E-state index in [2.05, 4.69) is 59.1 Å². The standard InChI is InChI=1S/C14H23N3S/c1-16-7-9-17(10-8-16)12-13-2-4-14(5-3-13)15-6-11-18/h2-5,15,18H,6-12H2,1H3. The molecule has 1 fully saturated rings. The Balaban J connectivity index is 1.82. The van der Waals surface area contributed by atoms with Gasteiger partial charge in [-0.1, -0.05) is 12.1 Å². The van der Waals surface area contributed by atoms with Gasteiger partial charge < -0.3 is 10.2 Å². The second-order valence-corrected chi connectivity index (χ2v) is 5.37. The van der Waals surface area contributed by atoms with Crippen LogP contribution in [0.3, 0.4) is 0 Å². The summed E-state index contributed by atoms with van der Waals surface area (Å²) in [6.45, 7) is 6.71. The van der Waals surface area contributed by atoms with Crippen molar-refractivity contribution in [2.24, 2.45) is 0 Å². The van der Waals surface area contributed by atoms with Crippen LogP contribution in [0, 0.1) is 0 Å². The molecule has 0 amide bonds. The van der Waals surface area contributed by atoms with Crippen LogP contribution < -0.4 is 5.32 Å². The number of anilines is 1. The van der Waals surface area contributed by atoms with E-state index in [1.807, 2.05) is 0 Å². The Morgan fingerprint density at radius 2 is 1.78 bits per heavy atom. The largest absolute Gasteiger partial charge is 0.384 e. The predicted molar refractivity (Wildman–Crippen MR) is 81.6 cm³/mol. The van der Waals surface area contributed by atoms with Crippen molar-refractivity contribution >= 4 is 18.3 Å². The molecular formula is C14H23N3S. The van der Waals surface area contributed by atoms with Gasteiger partial charge in [-0.05, 0) is 24.7 Å². The van der Waals surface area contributed by atoms with Crippen molar-refractivity contribution in [2.45, 2.75) is 6.54 Å². The van der Waals surface area contributed by atoms with Crippen LogP contribution in [-0.2, 0) is 6.54 Å². The normalized spacial score (nSPS) is 17.9. The van der Waals surface area contributed by atoms with E-state index in [4.69, 9.17) is 0 Å². The first-order chi connectivity index (χ1) is 8.78. The van der Waals surface area contributed by atoms with Gasteiger partial charge >= 0.3 is 0 Å². The smallest absolute Gasteiger partial charge is 0.0340 e. The fourth-order valence-corrected chi connectivity index (χ4v) is 2.30. The summed E-state index contributed by atoms with van der Waals surface area (Å²) in [5.41, 5.74) is 2.59. The minimum atomic E-state index is 0.864. The third-order valence-electron chi connectivity index (χ3n) is 3.40. The average molecular weight is 265 g/mol. The Hall–Kier alpha value is -0.710. The summed E-state index contributed by atoms with van der Waals surface area (Å²) < 4.78 is 0. The lowest BCUT2D eigenvalue weighted by atomic mass is 10.2. The number of likely N-dealkylation sites (N-methyl/N-ethyl adjacent to an activating group) is 1. The van der Waals surface area contributed by atoms with E-state index < -0.39 is 0 Å². The minimum Gasteiger partial charge on any atom is -0.384 e. The molecule has 0 radical (unpaired) electrons. The third kappa shape index (κ3) is 4.19.